The van der Waals surface area contributed by atoms with Crippen molar-refractivity contribution in [1.82, 2.24) is 0 Å². The summed E-state index contributed by atoms with van der Waals surface area (Å²) in [6.45, 7) is 6.90. The fourth-order valence-electron chi connectivity index (χ4n) is 0. The van der Waals surface area contributed by atoms with Crippen LogP contribution in [0.4, 0.5) is 0 Å². The van der Waals surface area contributed by atoms with Gasteiger partial charge in [-0.05, 0) is 0 Å². The molecule has 0 aromatic rings. The standard InChI is InChI=1S/C4H7.BrH.Mg/c1-3-4-2;;/h1,3H,4H2,2H3;1H;/q-1;;+2/p-1. The van der Waals surface area contributed by atoms with E-state index in [1.165, 1.54) is 0 Å². The Hall–Kier alpha value is 0.986. The maximum absolute atomic E-state index is 4.90. The van der Waals surface area contributed by atoms with E-state index in [2.05, 4.69) is 0 Å². The summed E-state index contributed by atoms with van der Waals surface area (Å²) < 4.78 is 0. The van der Waals surface area contributed by atoms with E-state index in [-0.39, 0.29) is 40.0 Å². The van der Waals surface area contributed by atoms with Crippen molar-refractivity contribution in [2.45, 2.75) is 13.3 Å². The largest absolute Gasteiger partial charge is 2.00 e. The minimum atomic E-state index is 0. The first-order chi connectivity index (χ1) is 1.91. The van der Waals surface area contributed by atoms with Gasteiger partial charge in [-0.3, -0.25) is 6.08 Å². The molecule has 6 heavy (non-hydrogen) atoms. The van der Waals surface area contributed by atoms with Crippen molar-refractivity contribution in [3.05, 3.63) is 12.7 Å². The second-order valence-electron chi connectivity index (χ2n) is 0.644. The average molecular weight is 159 g/mol. The van der Waals surface area contributed by atoms with Crippen molar-refractivity contribution in [1.29, 1.82) is 0 Å². The maximum atomic E-state index is 4.90. The number of allylic oxidation sites excluding steroid dienone is 1. The summed E-state index contributed by atoms with van der Waals surface area (Å²) in [5.41, 5.74) is 0. The summed E-state index contributed by atoms with van der Waals surface area (Å²) in [4.78, 5) is 0. The van der Waals surface area contributed by atoms with Crippen LogP contribution in [0.25, 0.3) is 0 Å². The first-order valence-electron chi connectivity index (χ1n) is 1.45. The Kier molecular flexibility index (Phi) is 43.8. The van der Waals surface area contributed by atoms with Gasteiger partial charge in [0.2, 0.25) is 0 Å². The van der Waals surface area contributed by atoms with Crippen molar-refractivity contribution >= 4 is 23.1 Å². The molecule has 0 amide bonds. The van der Waals surface area contributed by atoms with Crippen LogP contribution >= 0.6 is 0 Å². The first-order valence-corrected chi connectivity index (χ1v) is 1.45. The Morgan fingerprint density at radius 2 is 1.83 bits per heavy atom. The molecule has 0 N–H and O–H groups in total. The van der Waals surface area contributed by atoms with Crippen LogP contribution < -0.4 is 17.0 Å². The predicted octanol–water partition coefficient (Wildman–Crippen LogP) is -1.99. The summed E-state index contributed by atoms with van der Waals surface area (Å²) in [5.74, 6) is 0. The van der Waals surface area contributed by atoms with E-state index in [1.807, 2.05) is 6.92 Å². The summed E-state index contributed by atoms with van der Waals surface area (Å²) in [6, 6.07) is 0. The minimum Gasteiger partial charge on any atom is -1.00 e. The monoisotopic (exact) mass is 158 g/mol. The number of halogens is 1. The molecule has 0 fully saturated rings. The van der Waals surface area contributed by atoms with Crippen LogP contribution in [0, 0.1) is 6.58 Å². The smallest absolute Gasteiger partial charge is 1.00 e. The quantitative estimate of drug-likeness (QED) is 0.307. The minimum absolute atomic E-state index is 0. The normalized spacial score (nSPS) is 4.17. The van der Waals surface area contributed by atoms with Gasteiger partial charge < -0.3 is 23.6 Å². The van der Waals surface area contributed by atoms with Gasteiger partial charge in [0.1, 0.15) is 0 Å². The second-order valence-corrected chi connectivity index (χ2v) is 0.644. The van der Waals surface area contributed by atoms with E-state index in [9.17, 15) is 0 Å². The van der Waals surface area contributed by atoms with Crippen molar-refractivity contribution in [3.63, 3.8) is 0 Å². The van der Waals surface area contributed by atoms with E-state index in [4.69, 9.17) is 6.58 Å². The molecule has 0 aromatic carbocycles. The van der Waals surface area contributed by atoms with Crippen LogP contribution in [0.3, 0.4) is 0 Å². The van der Waals surface area contributed by atoms with Crippen LogP contribution in [0.15, 0.2) is 6.08 Å². The Bertz CT molecular complexity index is 21.5. The van der Waals surface area contributed by atoms with Gasteiger partial charge in [0.05, 0.1) is 0 Å². The average Bonchev–Trinajstić information content (AvgIpc) is 1.37. The number of hydrogen-bond acceptors (Lipinski definition) is 0. The molecule has 0 saturated heterocycles. The van der Waals surface area contributed by atoms with Crippen molar-refractivity contribution in [3.8, 4) is 0 Å². The molecule has 0 atom stereocenters. The van der Waals surface area contributed by atoms with E-state index in [0.717, 1.165) is 6.42 Å². The van der Waals surface area contributed by atoms with Gasteiger partial charge >= 0.3 is 23.1 Å². The van der Waals surface area contributed by atoms with Crippen LogP contribution in [0.2, 0.25) is 0 Å². The van der Waals surface area contributed by atoms with Crippen molar-refractivity contribution in [2.75, 3.05) is 0 Å². The van der Waals surface area contributed by atoms with Crippen LogP contribution in [-0.4, -0.2) is 23.1 Å². The maximum Gasteiger partial charge on any atom is 2.00 e. The van der Waals surface area contributed by atoms with Crippen LogP contribution in [0.5, 0.6) is 0 Å². The molecule has 0 aromatic heterocycles. The molecule has 0 radical (unpaired) electrons. The van der Waals surface area contributed by atoms with Gasteiger partial charge in [-0.25, -0.2) is 0 Å². The third-order valence-corrected chi connectivity index (χ3v) is 0.236. The number of rotatable bonds is 1. The molecule has 0 heterocycles. The molecule has 0 rings (SSSR count). The molecule has 0 bridgehead atoms. The van der Waals surface area contributed by atoms with Gasteiger partial charge in [-0.2, -0.15) is 0 Å². The molecule has 2 heteroatoms. The molecule has 32 valence electrons. The molecule has 0 aliphatic heterocycles. The summed E-state index contributed by atoms with van der Waals surface area (Å²) in [6.07, 6.45) is 2.60. The Morgan fingerprint density at radius 3 is 1.83 bits per heavy atom. The van der Waals surface area contributed by atoms with Crippen molar-refractivity contribution in [2.24, 2.45) is 0 Å². The molecule has 0 unspecified atom stereocenters. The van der Waals surface area contributed by atoms with Gasteiger partial charge in [0.15, 0.2) is 0 Å². The van der Waals surface area contributed by atoms with E-state index in [0.29, 0.717) is 0 Å². The van der Waals surface area contributed by atoms with Gasteiger partial charge in [-0.15, -0.1) is 0 Å². The second kappa shape index (κ2) is 16.7. The van der Waals surface area contributed by atoms with E-state index in [1.54, 1.807) is 6.08 Å². The van der Waals surface area contributed by atoms with Gasteiger partial charge in [0.25, 0.3) is 0 Å². The third-order valence-electron chi connectivity index (χ3n) is 0.236. The van der Waals surface area contributed by atoms with E-state index >= 15 is 0 Å². The molecule has 0 spiro atoms. The first kappa shape index (κ1) is 15.8. The topological polar surface area (TPSA) is 0 Å². The molecular weight excluding hydrogens is 152 g/mol. The molecular formula is C4H7BrMg. The number of hydrogen-bond donors (Lipinski definition) is 0. The Balaban J connectivity index is -0.0000000450. The molecule has 0 aliphatic carbocycles. The van der Waals surface area contributed by atoms with Gasteiger partial charge in [0, 0.05) is 0 Å². The van der Waals surface area contributed by atoms with Crippen LogP contribution in [-0.2, 0) is 0 Å². The molecule has 0 aliphatic rings. The predicted molar refractivity (Wildman–Crippen MR) is 24.9 cm³/mol. The zero-order valence-electron chi connectivity index (χ0n) is 3.95. The summed E-state index contributed by atoms with van der Waals surface area (Å²) in [5, 5.41) is 0. The third kappa shape index (κ3) is 20.1. The summed E-state index contributed by atoms with van der Waals surface area (Å²) in [7, 11) is 0. The van der Waals surface area contributed by atoms with Crippen LogP contribution in [0.1, 0.15) is 13.3 Å². The van der Waals surface area contributed by atoms with Crippen molar-refractivity contribution < 1.29 is 17.0 Å². The Morgan fingerprint density at radius 1 is 1.67 bits per heavy atom. The summed E-state index contributed by atoms with van der Waals surface area (Å²) >= 11 is 0. The molecule has 0 saturated carbocycles. The fraction of sp³-hybridized carbons (Fsp3) is 0.500. The van der Waals surface area contributed by atoms with E-state index < -0.39 is 0 Å². The zero-order chi connectivity index (χ0) is 3.41. The molecule has 0 nitrogen and oxygen atoms in total. The SMILES string of the molecule is [Br-].[CH-]=CCC.[Mg+2]. The Labute approximate surface area is 65.9 Å². The zero-order valence-corrected chi connectivity index (χ0v) is 6.95. The van der Waals surface area contributed by atoms with Gasteiger partial charge in [-0.1, -0.05) is 13.3 Å². The fourth-order valence-corrected chi connectivity index (χ4v) is 0.